The molecule has 150 valence electrons. The predicted octanol–water partition coefficient (Wildman–Crippen LogP) is 3.44. The lowest BCUT2D eigenvalue weighted by Crippen LogP contribution is -2.28. The lowest BCUT2D eigenvalue weighted by atomic mass is 9.95. The SMILES string of the molecule is COCC(C)(C)CNc1ncc(-c2cc3c(cn2)nc(C)n3C(C)C)c(N)n1. The molecule has 0 amide bonds. The van der Waals surface area contributed by atoms with E-state index in [9.17, 15) is 0 Å². The molecule has 0 spiro atoms. The largest absolute Gasteiger partial charge is 0.384 e. The first-order chi connectivity index (χ1) is 13.2. The second-order valence-electron chi connectivity index (χ2n) is 8.12. The number of aromatic nitrogens is 5. The molecule has 0 fully saturated rings. The summed E-state index contributed by atoms with van der Waals surface area (Å²) in [6.45, 7) is 11.8. The van der Waals surface area contributed by atoms with Crippen molar-refractivity contribution >= 4 is 22.8 Å². The third kappa shape index (κ3) is 4.06. The van der Waals surface area contributed by atoms with Crippen LogP contribution in [-0.2, 0) is 4.74 Å². The Hall–Kier alpha value is -2.74. The second kappa shape index (κ2) is 7.71. The summed E-state index contributed by atoms with van der Waals surface area (Å²) in [4.78, 5) is 17.9. The molecule has 3 heterocycles. The van der Waals surface area contributed by atoms with Crippen molar-refractivity contribution in [2.75, 3.05) is 31.3 Å². The number of ether oxygens (including phenoxy) is 1. The van der Waals surface area contributed by atoms with Crippen LogP contribution in [-0.4, -0.2) is 44.8 Å². The molecule has 3 aromatic rings. The first-order valence-corrected chi connectivity index (χ1v) is 9.42. The van der Waals surface area contributed by atoms with Crippen molar-refractivity contribution in [2.45, 2.75) is 40.7 Å². The average molecular weight is 384 g/mol. The number of hydrogen-bond donors (Lipinski definition) is 2. The molecule has 3 rings (SSSR count). The third-order valence-electron chi connectivity index (χ3n) is 4.62. The zero-order chi connectivity index (χ0) is 20.5. The van der Waals surface area contributed by atoms with E-state index in [2.05, 4.69) is 57.5 Å². The lowest BCUT2D eigenvalue weighted by molar-refractivity contribution is 0.112. The summed E-state index contributed by atoms with van der Waals surface area (Å²) < 4.78 is 7.42. The molecular weight excluding hydrogens is 354 g/mol. The first kappa shape index (κ1) is 20.0. The zero-order valence-corrected chi connectivity index (χ0v) is 17.4. The maximum Gasteiger partial charge on any atom is 0.224 e. The van der Waals surface area contributed by atoms with E-state index < -0.39 is 0 Å². The molecule has 0 aromatic carbocycles. The van der Waals surface area contributed by atoms with E-state index in [-0.39, 0.29) is 5.41 Å². The summed E-state index contributed by atoms with van der Waals surface area (Å²) in [5.74, 6) is 1.85. The molecule has 8 heteroatoms. The Balaban J connectivity index is 1.89. The quantitative estimate of drug-likeness (QED) is 0.644. The van der Waals surface area contributed by atoms with E-state index in [1.165, 1.54) is 0 Å². The molecule has 0 aliphatic heterocycles. The highest BCUT2D eigenvalue weighted by Gasteiger charge is 2.19. The molecule has 3 aromatic heterocycles. The van der Waals surface area contributed by atoms with Crippen molar-refractivity contribution < 1.29 is 4.74 Å². The van der Waals surface area contributed by atoms with Crippen molar-refractivity contribution in [3.05, 3.63) is 24.3 Å². The van der Waals surface area contributed by atoms with Crippen LogP contribution in [0.3, 0.4) is 0 Å². The molecule has 0 aliphatic carbocycles. The topological polar surface area (TPSA) is 104 Å². The zero-order valence-electron chi connectivity index (χ0n) is 17.4. The van der Waals surface area contributed by atoms with Gasteiger partial charge in [-0.15, -0.1) is 0 Å². The maximum atomic E-state index is 6.22. The fourth-order valence-corrected chi connectivity index (χ4v) is 3.36. The molecule has 0 unspecified atom stereocenters. The van der Waals surface area contributed by atoms with Gasteiger partial charge in [0.15, 0.2) is 0 Å². The minimum absolute atomic E-state index is 0.0365. The molecule has 8 nitrogen and oxygen atoms in total. The van der Waals surface area contributed by atoms with Crippen LogP contribution >= 0.6 is 0 Å². The number of nitrogens with zero attached hydrogens (tertiary/aromatic N) is 5. The third-order valence-corrected chi connectivity index (χ3v) is 4.62. The smallest absolute Gasteiger partial charge is 0.224 e. The first-order valence-electron chi connectivity index (χ1n) is 9.42. The number of nitrogen functional groups attached to an aromatic ring is 1. The summed E-state index contributed by atoms with van der Waals surface area (Å²) in [5, 5.41) is 3.23. The van der Waals surface area contributed by atoms with E-state index in [0.717, 1.165) is 22.6 Å². The van der Waals surface area contributed by atoms with Gasteiger partial charge in [-0.1, -0.05) is 13.8 Å². The summed E-state index contributed by atoms with van der Waals surface area (Å²) >= 11 is 0. The van der Waals surface area contributed by atoms with Crippen LogP contribution in [0, 0.1) is 12.3 Å². The van der Waals surface area contributed by atoms with Crippen molar-refractivity contribution in [1.29, 1.82) is 0 Å². The second-order valence-corrected chi connectivity index (χ2v) is 8.12. The van der Waals surface area contributed by atoms with Crippen LogP contribution in [0.4, 0.5) is 11.8 Å². The van der Waals surface area contributed by atoms with Crippen LogP contribution in [0.1, 0.15) is 39.6 Å². The fraction of sp³-hybridized carbons (Fsp3) is 0.500. The Morgan fingerprint density at radius 3 is 2.61 bits per heavy atom. The summed E-state index contributed by atoms with van der Waals surface area (Å²) in [6.07, 6.45) is 3.49. The molecular formula is C20H29N7O. The van der Waals surface area contributed by atoms with E-state index in [1.54, 1.807) is 19.5 Å². The van der Waals surface area contributed by atoms with Gasteiger partial charge in [-0.25, -0.2) is 9.97 Å². The van der Waals surface area contributed by atoms with Gasteiger partial charge >= 0.3 is 0 Å². The highest BCUT2D eigenvalue weighted by Crippen LogP contribution is 2.28. The van der Waals surface area contributed by atoms with Crippen LogP contribution in [0.25, 0.3) is 22.3 Å². The summed E-state index contributed by atoms with van der Waals surface area (Å²) in [5.41, 5.74) is 9.52. The van der Waals surface area contributed by atoms with E-state index in [4.69, 9.17) is 10.5 Å². The monoisotopic (exact) mass is 383 g/mol. The van der Waals surface area contributed by atoms with Gasteiger partial charge in [-0.2, -0.15) is 4.98 Å². The van der Waals surface area contributed by atoms with Crippen molar-refractivity contribution in [1.82, 2.24) is 24.5 Å². The van der Waals surface area contributed by atoms with Gasteiger partial charge in [0.1, 0.15) is 17.2 Å². The van der Waals surface area contributed by atoms with Crippen molar-refractivity contribution in [3.8, 4) is 11.3 Å². The van der Waals surface area contributed by atoms with E-state index >= 15 is 0 Å². The minimum Gasteiger partial charge on any atom is -0.384 e. The van der Waals surface area contributed by atoms with Gasteiger partial charge in [0.25, 0.3) is 0 Å². The van der Waals surface area contributed by atoms with E-state index in [1.807, 2.05) is 13.0 Å². The van der Waals surface area contributed by atoms with Crippen molar-refractivity contribution in [3.63, 3.8) is 0 Å². The van der Waals surface area contributed by atoms with Gasteiger partial charge in [-0.3, -0.25) is 4.98 Å². The van der Waals surface area contributed by atoms with E-state index in [0.29, 0.717) is 36.5 Å². The molecule has 0 aliphatic rings. The highest BCUT2D eigenvalue weighted by atomic mass is 16.5. The lowest BCUT2D eigenvalue weighted by Gasteiger charge is -2.23. The fourth-order valence-electron chi connectivity index (χ4n) is 3.36. The average Bonchev–Trinajstić information content (AvgIpc) is 2.95. The standard InChI is InChI=1S/C20H29N7O/c1-12(2)27-13(3)25-16-9-22-15(7-17(16)27)14-8-23-19(26-18(14)21)24-10-20(4,5)11-28-6/h7-9,12H,10-11H2,1-6H3,(H3,21,23,24,26). The van der Waals surface area contributed by atoms with Gasteiger partial charge in [0, 0.05) is 31.3 Å². The van der Waals surface area contributed by atoms with Crippen LogP contribution in [0.15, 0.2) is 18.5 Å². The van der Waals surface area contributed by atoms with Gasteiger partial charge in [0.2, 0.25) is 5.95 Å². The van der Waals surface area contributed by atoms with Crippen LogP contribution in [0.5, 0.6) is 0 Å². The molecule has 0 saturated carbocycles. The molecule has 28 heavy (non-hydrogen) atoms. The Bertz CT molecular complexity index is 978. The number of hydrogen-bond acceptors (Lipinski definition) is 7. The number of anilines is 2. The Morgan fingerprint density at radius 2 is 1.96 bits per heavy atom. The number of pyridine rings is 1. The van der Waals surface area contributed by atoms with Crippen molar-refractivity contribution in [2.24, 2.45) is 5.41 Å². The van der Waals surface area contributed by atoms with Crippen LogP contribution in [0.2, 0.25) is 0 Å². The minimum atomic E-state index is -0.0365. The number of nitrogens with two attached hydrogens (primary N) is 1. The molecule has 3 N–H and O–H groups in total. The Kier molecular flexibility index (Phi) is 5.51. The Morgan fingerprint density at radius 1 is 1.21 bits per heavy atom. The number of fused-ring (bicyclic) bond motifs is 1. The number of aryl methyl sites for hydroxylation is 1. The van der Waals surface area contributed by atoms with Gasteiger partial charge in [-0.05, 0) is 26.8 Å². The van der Waals surface area contributed by atoms with Crippen LogP contribution < -0.4 is 11.1 Å². The molecule has 0 atom stereocenters. The summed E-state index contributed by atoms with van der Waals surface area (Å²) in [6, 6.07) is 2.30. The Labute approximate surface area is 165 Å². The molecule has 0 saturated heterocycles. The van der Waals surface area contributed by atoms with Gasteiger partial charge < -0.3 is 20.4 Å². The number of imidazole rings is 1. The molecule has 0 bridgehead atoms. The highest BCUT2D eigenvalue weighted by molar-refractivity contribution is 5.82. The normalized spacial score (nSPS) is 12.1. The molecule has 0 radical (unpaired) electrons. The maximum absolute atomic E-state index is 6.22. The predicted molar refractivity (Wildman–Crippen MR) is 112 cm³/mol. The van der Waals surface area contributed by atoms with Gasteiger partial charge in [0.05, 0.1) is 29.6 Å². The number of rotatable bonds is 7. The summed E-state index contributed by atoms with van der Waals surface area (Å²) in [7, 11) is 1.70. The number of nitrogens with one attached hydrogen (secondary N) is 1. The number of methoxy groups -OCH3 is 1.